The zero-order valence-corrected chi connectivity index (χ0v) is 13.4. The monoisotopic (exact) mass is 320 g/mol. The Balaban J connectivity index is 1.59. The second-order valence-electron chi connectivity index (χ2n) is 5.80. The molecule has 0 spiro atoms. The lowest BCUT2D eigenvalue weighted by atomic mass is 10.1. The van der Waals surface area contributed by atoms with Crippen molar-refractivity contribution in [2.75, 3.05) is 20.1 Å². The molecule has 2 amide bonds. The highest BCUT2D eigenvalue weighted by Crippen LogP contribution is 2.20. The first-order chi connectivity index (χ1) is 10.6. The third kappa shape index (κ3) is 3.36. The number of halogens is 1. The van der Waals surface area contributed by atoms with Gasteiger partial charge in [0.25, 0.3) is 0 Å². The number of hydrogen-bond donors (Lipinski definition) is 3. The van der Waals surface area contributed by atoms with Crippen molar-refractivity contribution in [2.45, 2.75) is 25.4 Å². The summed E-state index contributed by atoms with van der Waals surface area (Å²) in [5, 5.41) is 8.07. The van der Waals surface area contributed by atoms with Gasteiger partial charge in [0.2, 0.25) is 0 Å². The Morgan fingerprint density at radius 2 is 2.32 bits per heavy atom. The molecule has 2 heterocycles. The zero-order chi connectivity index (χ0) is 15.5. The van der Waals surface area contributed by atoms with Crippen LogP contribution in [0.4, 0.5) is 4.79 Å². The maximum absolute atomic E-state index is 12.2. The highest BCUT2D eigenvalue weighted by Gasteiger charge is 2.21. The van der Waals surface area contributed by atoms with Gasteiger partial charge in [-0.1, -0.05) is 11.6 Å². The van der Waals surface area contributed by atoms with Gasteiger partial charge in [-0.15, -0.1) is 0 Å². The third-order valence-corrected chi connectivity index (χ3v) is 4.44. The fourth-order valence-corrected chi connectivity index (χ4v) is 3.06. The summed E-state index contributed by atoms with van der Waals surface area (Å²) in [4.78, 5) is 17.3. The minimum absolute atomic E-state index is 0.0367. The summed E-state index contributed by atoms with van der Waals surface area (Å²) in [6, 6.07) is 7.97. The highest BCUT2D eigenvalue weighted by molar-refractivity contribution is 6.31. The van der Waals surface area contributed by atoms with Gasteiger partial charge in [-0.05, 0) is 43.7 Å². The lowest BCUT2D eigenvalue weighted by molar-refractivity contribution is 0.178. The fourth-order valence-electron chi connectivity index (χ4n) is 2.88. The summed E-state index contributed by atoms with van der Waals surface area (Å²) in [5.41, 5.74) is 2.00. The van der Waals surface area contributed by atoms with Crippen LogP contribution in [0.3, 0.4) is 0 Å². The van der Waals surface area contributed by atoms with E-state index in [4.69, 9.17) is 11.6 Å². The van der Waals surface area contributed by atoms with Crippen LogP contribution >= 0.6 is 11.6 Å². The quantitative estimate of drug-likeness (QED) is 0.814. The van der Waals surface area contributed by atoms with Crippen LogP contribution in [0.15, 0.2) is 24.3 Å². The predicted octanol–water partition coefficient (Wildman–Crippen LogP) is 2.71. The lowest BCUT2D eigenvalue weighted by Crippen LogP contribution is -2.49. The molecule has 0 bridgehead atoms. The number of urea groups is 1. The molecule has 3 N–H and O–H groups in total. The number of hydrogen-bond acceptors (Lipinski definition) is 2. The van der Waals surface area contributed by atoms with E-state index in [-0.39, 0.29) is 12.1 Å². The van der Waals surface area contributed by atoms with Crippen molar-refractivity contribution in [1.29, 1.82) is 0 Å². The normalized spacial score (nSPS) is 18.4. The van der Waals surface area contributed by atoms with Gasteiger partial charge < -0.3 is 20.5 Å². The molecule has 118 valence electrons. The van der Waals surface area contributed by atoms with E-state index >= 15 is 0 Å². The van der Waals surface area contributed by atoms with Crippen LogP contribution in [0, 0.1) is 0 Å². The van der Waals surface area contributed by atoms with E-state index in [9.17, 15) is 4.79 Å². The number of fused-ring (bicyclic) bond motifs is 1. The third-order valence-electron chi connectivity index (χ3n) is 4.21. The first-order valence-corrected chi connectivity index (χ1v) is 8.00. The Bertz CT molecular complexity index is 663. The van der Waals surface area contributed by atoms with Gasteiger partial charge in [-0.3, -0.25) is 0 Å². The molecule has 1 atom stereocenters. The van der Waals surface area contributed by atoms with E-state index < -0.39 is 0 Å². The van der Waals surface area contributed by atoms with Crippen LogP contribution in [-0.2, 0) is 6.54 Å². The molecular formula is C16H21ClN4O. The number of nitrogens with zero attached hydrogens (tertiary/aromatic N) is 1. The number of carbonyl (C=O) groups is 1. The van der Waals surface area contributed by atoms with E-state index in [0.29, 0.717) is 11.6 Å². The molecule has 3 rings (SSSR count). The molecule has 1 aromatic heterocycles. The number of aromatic amines is 1. The lowest BCUT2D eigenvalue weighted by Gasteiger charge is -2.31. The van der Waals surface area contributed by atoms with Gasteiger partial charge in [-0.2, -0.15) is 0 Å². The van der Waals surface area contributed by atoms with Crippen molar-refractivity contribution < 1.29 is 4.79 Å². The van der Waals surface area contributed by atoms with Crippen LogP contribution in [-0.4, -0.2) is 42.1 Å². The molecule has 0 radical (unpaired) electrons. The molecule has 1 saturated heterocycles. The fraction of sp³-hybridized carbons (Fsp3) is 0.438. The number of carbonyl (C=O) groups excluding carboxylic acids is 1. The molecule has 5 nitrogen and oxygen atoms in total. The number of likely N-dealkylation sites (N-methyl/N-ethyl adjacent to an activating group) is 1. The summed E-state index contributed by atoms with van der Waals surface area (Å²) in [6.45, 7) is 2.40. The summed E-state index contributed by atoms with van der Waals surface area (Å²) in [5.74, 6) is 0. The number of nitrogens with one attached hydrogen (secondary N) is 3. The van der Waals surface area contributed by atoms with Gasteiger partial charge in [0.05, 0.1) is 6.54 Å². The SMILES string of the molecule is CN(C(=O)NCc1cc2cc(Cl)ccc2[nH]1)[C@@H]1CCCNC1. The summed E-state index contributed by atoms with van der Waals surface area (Å²) in [6.07, 6.45) is 2.17. The van der Waals surface area contributed by atoms with E-state index in [1.54, 1.807) is 4.90 Å². The number of piperidine rings is 1. The van der Waals surface area contributed by atoms with Crippen LogP contribution in [0.2, 0.25) is 5.02 Å². The first-order valence-electron chi connectivity index (χ1n) is 7.62. The number of aromatic nitrogens is 1. The predicted molar refractivity (Wildman–Crippen MR) is 89.2 cm³/mol. The van der Waals surface area contributed by atoms with E-state index in [0.717, 1.165) is 42.5 Å². The summed E-state index contributed by atoms with van der Waals surface area (Å²) in [7, 11) is 1.86. The Morgan fingerprint density at radius 3 is 3.09 bits per heavy atom. The van der Waals surface area contributed by atoms with Gasteiger partial charge in [0, 0.05) is 41.3 Å². The molecule has 6 heteroatoms. The molecule has 1 fully saturated rings. The molecule has 1 aliphatic heterocycles. The molecule has 22 heavy (non-hydrogen) atoms. The minimum atomic E-state index is -0.0367. The number of benzene rings is 1. The van der Waals surface area contributed by atoms with E-state index in [1.165, 1.54) is 0 Å². The van der Waals surface area contributed by atoms with E-state index in [2.05, 4.69) is 15.6 Å². The average Bonchev–Trinajstić information content (AvgIpc) is 2.94. The number of rotatable bonds is 3. The Labute approximate surface area is 135 Å². The molecule has 0 unspecified atom stereocenters. The maximum Gasteiger partial charge on any atom is 0.317 e. The summed E-state index contributed by atoms with van der Waals surface area (Å²) >= 11 is 5.99. The zero-order valence-electron chi connectivity index (χ0n) is 12.7. The average molecular weight is 321 g/mol. The van der Waals surface area contributed by atoms with Crippen molar-refractivity contribution in [1.82, 2.24) is 20.5 Å². The van der Waals surface area contributed by atoms with Gasteiger partial charge in [0.1, 0.15) is 0 Å². The maximum atomic E-state index is 12.2. The Morgan fingerprint density at radius 1 is 1.45 bits per heavy atom. The smallest absolute Gasteiger partial charge is 0.317 e. The topological polar surface area (TPSA) is 60.2 Å². The van der Waals surface area contributed by atoms with Crippen molar-refractivity contribution in [3.05, 3.63) is 35.0 Å². The first kappa shape index (κ1) is 15.2. The standard InChI is InChI=1S/C16H21ClN4O/c1-21(14-3-2-6-18-10-14)16(22)19-9-13-8-11-7-12(17)4-5-15(11)20-13/h4-5,7-8,14,18,20H,2-3,6,9-10H2,1H3,(H,19,22)/t14-/m1/s1. The molecule has 0 aliphatic carbocycles. The van der Waals surface area contributed by atoms with Crippen LogP contribution in [0.1, 0.15) is 18.5 Å². The van der Waals surface area contributed by atoms with Crippen LogP contribution in [0.5, 0.6) is 0 Å². The van der Waals surface area contributed by atoms with Crippen molar-refractivity contribution in [3.8, 4) is 0 Å². The van der Waals surface area contributed by atoms with E-state index in [1.807, 2.05) is 31.3 Å². The summed E-state index contributed by atoms with van der Waals surface area (Å²) < 4.78 is 0. The Hall–Kier alpha value is -1.72. The van der Waals surface area contributed by atoms with Gasteiger partial charge >= 0.3 is 6.03 Å². The van der Waals surface area contributed by atoms with Crippen LogP contribution in [0.25, 0.3) is 10.9 Å². The second-order valence-corrected chi connectivity index (χ2v) is 6.23. The Kier molecular flexibility index (Phi) is 4.55. The number of amides is 2. The second kappa shape index (κ2) is 6.58. The van der Waals surface area contributed by atoms with Crippen molar-refractivity contribution in [2.24, 2.45) is 0 Å². The highest BCUT2D eigenvalue weighted by atomic mass is 35.5. The van der Waals surface area contributed by atoms with Gasteiger partial charge in [-0.25, -0.2) is 4.79 Å². The van der Waals surface area contributed by atoms with Crippen LogP contribution < -0.4 is 10.6 Å². The molecule has 1 aliphatic rings. The van der Waals surface area contributed by atoms with Crippen molar-refractivity contribution in [3.63, 3.8) is 0 Å². The molecular weight excluding hydrogens is 300 g/mol. The molecule has 1 aromatic carbocycles. The molecule has 0 saturated carbocycles. The molecule has 2 aromatic rings. The number of H-pyrrole nitrogens is 1. The van der Waals surface area contributed by atoms with Gasteiger partial charge in [0.15, 0.2) is 0 Å². The minimum Gasteiger partial charge on any atom is -0.357 e. The van der Waals surface area contributed by atoms with Crippen molar-refractivity contribution >= 4 is 28.5 Å². The largest absolute Gasteiger partial charge is 0.357 e.